The van der Waals surface area contributed by atoms with E-state index < -0.39 is 0 Å². The third-order valence-electron chi connectivity index (χ3n) is 3.88. The first-order valence-corrected chi connectivity index (χ1v) is 8.02. The molecule has 0 aliphatic carbocycles. The summed E-state index contributed by atoms with van der Waals surface area (Å²) in [6.07, 6.45) is 4.54. The second-order valence-electron chi connectivity index (χ2n) is 6.67. The van der Waals surface area contributed by atoms with Crippen LogP contribution in [-0.4, -0.2) is 31.2 Å². The summed E-state index contributed by atoms with van der Waals surface area (Å²) in [6, 6.07) is 7.63. The molecule has 5 nitrogen and oxygen atoms in total. The van der Waals surface area contributed by atoms with E-state index in [9.17, 15) is 4.79 Å². The predicted octanol–water partition coefficient (Wildman–Crippen LogP) is 3.23. The van der Waals surface area contributed by atoms with E-state index in [1.807, 2.05) is 41.2 Å². The monoisotopic (exact) mass is 330 g/mol. The number of hydrogen-bond donors (Lipinski definition) is 1. The van der Waals surface area contributed by atoms with E-state index in [0.29, 0.717) is 23.6 Å². The predicted molar refractivity (Wildman–Crippen MR) is 95.0 cm³/mol. The summed E-state index contributed by atoms with van der Waals surface area (Å²) < 4.78 is 12.6. The Balaban J connectivity index is 1.92. The highest BCUT2D eigenvalue weighted by molar-refractivity contribution is 5.94. The Morgan fingerprint density at radius 2 is 1.83 bits per heavy atom. The van der Waals surface area contributed by atoms with Crippen LogP contribution in [0.2, 0.25) is 0 Å². The van der Waals surface area contributed by atoms with Gasteiger partial charge in [0.15, 0.2) is 11.5 Å². The average molecular weight is 330 g/mol. The van der Waals surface area contributed by atoms with Gasteiger partial charge < -0.3 is 19.4 Å². The number of amides is 1. The van der Waals surface area contributed by atoms with Gasteiger partial charge in [-0.3, -0.25) is 4.79 Å². The van der Waals surface area contributed by atoms with Crippen molar-refractivity contribution in [1.82, 2.24) is 9.88 Å². The Bertz CT molecular complexity index is 699. The van der Waals surface area contributed by atoms with Crippen LogP contribution in [0.25, 0.3) is 0 Å². The molecule has 5 heteroatoms. The fourth-order valence-electron chi connectivity index (χ4n) is 2.41. The van der Waals surface area contributed by atoms with Crippen LogP contribution in [0, 0.1) is 0 Å². The van der Waals surface area contributed by atoms with E-state index in [0.717, 1.165) is 12.0 Å². The largest absolute Gasteiger partial charge is 0.493 e. The van der Waals surface area contributed by atoms with Crippen LogP contribution >= 0.6 is 0 Å². The number of methoxy groups -OCH3 is 2. The number of carbonyl (C=O) groups excluding carboxylic acids is 1. The Kier molecular flexibility index (Phi) is 5.54. The first kappa shape index (κ1) is 17.9. The number of aromatic nitrogens is 1. The Labute approximate surface area is 143 Å². The summed E-state index contributed by atoms with van der Waals surface area (Å²) >= 11 is 0. The fourth-order valence-corrected chi connectivity index (χ4v) is 2.41. The highest BCUT2D eigenvalue weighted by atomic mass is 16.5. The van der Waals surface area contributed by atoms with Crippen LogP contribution in [0.15, 0.2) is 36.7 Å². The molecule has 0 saturated heterocycles. The van der Waals surface area contributed by atoms with Gasteiger partial charge in [0.05, 0.1) is 19.8 Å². The van der Waals surface area contributed by atoms with Gasteiger partial charge >= 0.3 is 0 Å². The molecule has 0 fully saturated rings. The van der Waals surface area contributed by atoms with Crippen molar-refractivity contribution < 1.29 is 14.3 Å². The summed E-state index contributed by atoms with van der Waals surface area (Å²) in [5.74, 6) is 1.34. The minimum atomic E-state index is -0.0570. The average Bonchev–Trinajstić information content (AvgIpc) is 3.05. The van der Waals surface area contributed by atoms with Crippen molar-refractivity contribution >= 4 is 5.91 Å². The number of benzene rings is 1. The van der Waals surface area contributed by atoms with E-state index in [1.165, 1.54) is 0 Å². The maximum Gasteiger partial charge on any atom is 0.252 e. The molecule has 0 atom stereocenters. The third-order valence-corrected chi connectivity index (χ3v) is 3.88. The standard InChI is InChI=1S/C19H26N2O3/c1-19(2,3)21-11-9-15(13-21)18(22)20-10-8-14-6-7-16(23-4)17(12-14)24-5/h6-7,9,11-13H,8,10H2,1-5H3,(H,20,22). The number of rotatable bonds is 6. The molecule has 1 N–H and O–H groups in total. The lowest BCUT2D eigenvalue weighted by molar-refractivity contribution is 0.0954. The van der Waals surface area contributed by atoms with Gasteiger partial charge in [-0.15, -0.1) is 0 Å². The minimum absolute atomic E-state index is 0.0296. The minimum Gasteiger partial charge on any atom is -0.493 e. The van der Waals surface area contributed by atoms with Crippen molar-refractivity contribution in [3.63, 3.8) is 0 Å². The molecular formula is C19H26N2O3. The van der Waals surface area contributed by atoms with Crippen LogP contribution in [0.3, 0.4) is 0 Å². The topological polar surface area (TPSA) is 52.5 Å². The third kappa shape index (κ3) is 4.31. The molecule has 2 rings (SSSR count). The summed E-state index contributed by atoms with van der Waals surface area (Å²) in [7, 11) is 3.23. The van der Waals surface area contributed by atoms with E-state index in [1.54, 1.807) is 14.2 Å². The van der Waals surface area contributed by atoms with Gasteiger partial charge in [0, 0.05) is 24.5 Å². The second kappa shape index (κ2) is 7.43. The quantitative estimate of drug-likeness (QED) is 0.885. The molecule has 0 bridgehead atoms. The van der Waals surface area contributed by atoms with E-state index >= 15 is 0 Å². The highest BCUT2D eigenvalue weighted by Gasteiger charge is 2.15. The molecule has 0 spiro atoms. The van der Waals surface area contributed by atoms with Crippen molar-refractivity contribution in [3.05, 3.63) is 47.8 Å². The lowest BCUT2D eigenvalue weighted by Gasteiger charge is -2.20. The van der Waals surface area contributed by atoms with Crippen LogP contribution in [-0.2, 0) is 12.0 Å². The summed E-state index contributed by atoms with van der Waals surface area (Å²) in [4.78, 5) is 12.2. The van der Waals surface area contributed by atoms with Gasteiger partial charge in [0.1, 0.15) is 0 Å². The lowest BCUT2D eigenvalue weighted by atomic mass is 10.1. The smallest absolute Gasteiger partial charge is 0.252 e. The summed E-state index contributed by atoms with van der Waals surface area (Å²) in [5.41, 5.74) is 1.73. The first-order chi connectivity index (χ1) is 11.3. The van der Waals surface area contributed by atoms with E-state index in [2.05, 4.69) is 26.1 Å². The fraction of sp³-hybridized carbons (Fsp3) is 0.421. The molecular weight excluding hydrogens is 304 g/mol. The highest BCUT2D eigenvalue weighted by Crippen LogP contribution is 2.27. The van der Waals surface area contributed by atoms with Gasteiger partial charge in [-0.1, -0.05) is 6.07 Å². The van der Waals surface area contributed by atoms with Crippen molar-refractivity contribution in [2.75, 3.05) is 20.8 Å². The maximum absolute atomic E-state index is 12.2. The summed E-state index contributed by atoms with van der Waals surface area (Å²) in [6.45, 7) is 6.87. The van der Waals surface area contributed by atoms with E-state index in [4.69, 9.17) is 9.47 Å². The molecule has 0 aliphatic rings. The molecule has 0 saturated carbocycles. The maximum atomic E-state index is 12.2. The SMILES string of the molecule is COc1ccc(CCNC(=O)c2ccn(C(C)(C)C)c2)cc1OC. The number of hydrogen-bond acceptors (Lipinski definition) is 3. The van der Waals surface area contributed by atoms with E-state index in [-0.39, 0.29) is 11.4 Å². The van der Waals surface area contributed by atoms with Gasteiger partial charge in [0.2, 0.25) is 0 Å². The van der Waals surface area contributed by atoms with Crippen molar-refractivity contribution in [2.45, 2.75) is 32.7 Å². The van der Waals surface area contributed by atoms with Crippen LogP contribution in [0.1, 0.15) is 36.7 Å². The zero-order valence-corrected chi connectivity index (χ0v) is 15.1. The molecule has 130 valence electrons. The molecule has 24 heavy (non-hydrogen) atoms. The van der Waals surface area contributed by atoms with Gasteiger partial charge in [-0.2, -0.15) is 0 Å². The Morgan fingerprint density at radius 3 is 2.42 bits per heavy atom. The van der Waals surface area contributed by atoms with Crippen molar-refractivity contribution in [1.29, 1.82) is 0 Å². The number of ether oxygens (including phenoxy) is 2. The molecule has 1 heterocycles. The molecule has 1 amide bonds. The molecule has 0 unspecified atom stereocenters. The van der Waals surface area contributed by atoms with Crippen LogP contribution in [0.4, 0.5) is 0 Å². The van der Waals surface area contributed by atoms with Crippen molar-refractivity contribution in [2.24, 2.45) is 0 Å². The Morgan fingerprint density at radius 1 is 1.12 bits per heavy atom. The molecule has 1 aromatic heterocycles. The van der Waals surface area contributed by atoms with Gasteiger partial charge in [0.25, 0.3) is 5.91 Å². The lowest BCUT2D eigenvalue weighted by Crippen LogP contribution is -2.26. The molecule has 1 aromatic carbocycles. The van der Waals surface area contributed by atoms with Crippen LogP contribution < -0.4 is 14.8 Å². The van der Waals surface area contributed by atoms with Gasteiger partial charge in [-0.25, -0.2) is 0 Å². The van der Waals surface area contributed by atoms with Crippen molar-refractivity contribution in [3.8, 4) is 11.5 Å². The molecule has 2 aromatic rings. The normalized spacial score (nSPS) is 11.2. The number of nitrogens with one attached hydrogen (secondary N) is 1. The number of carbonyl (C=O) groups is 1. The van der Waals surface area contributed by atoms with Gasteiger partial charge in [-0.05, 0) is 51.0 Å². The number of nitrogens with zero attached hydrogens (tertiary/aromatic N) is 1. The zero-order chi connectivity index (χ0) is 17.7. The summed E-state index contributed by atoms with van der Waals surface area (Å²) in [5, 5.41) is 2.95. The second-order valence-corrected chi connectivity index (χ2v) is 6.67. The Hall–Kier alpha value is -2.43. The molecule has 0 aliphatic heterocycles. The molecule has 0 radical (unpaired) electrons. The van der Waals surface area contributed by atoms with Crippen LogP contribution in [0.5, 0.6) is 11.5 Å². The first-order valence-electron chi connectivity index (χ1n) is 8.02. The zero-order valence-electron chi connectivity index (χ0n) is 15.1.